The Morgan fingerprint density at radius 1 is 1.21 bits per heavy atom. The molecule has 0 saturated carbocycles. The van der Waals surface area contributed by atoms with Crippen molar-refractivity contribution in [2.75, 3.05) is 7.05 Å². The number of hydrogen-bond donors (Lipinski definition) is 2. The third kappa shape index (κ3) is 5.49. The van der Waals surface area contributed by atoms with E-state index in [0.717, 1.165) is 24.7 Å². The summed E-state index contributed by atoms with van der Waals surface area (Å²) in [5, 5.41) is 10.8. The molecule has 2 aliphatic rings. The van der Waals surface area contributed by atoms with Gasteiger partial charge in [0.25, 0.3) is 0 Å². The molecule has 2 unspecified atom stereocenters. The molecule has 24 heavy (non-hydrogen) atoms. The van der Waals surface area contributed by atoms with Crippen LogP contribution in [0, 0.1) is 0 Å². The quantitative estimate of drug-likeness (QED) is 0.885. The molecule has 0 aliphatic carbocycles. The van der Waals surface area contributed by atoms with Crippen LogP contribution in [-0.2, 0) is 11.3 Å². The number of carboxylic acid groups (broad SMARTS) is 1. The molecule has 2 bridgehead atoms. The van der Waals surface area contributed by atoms with E-state index in [1.165, 1.54) is 31.2 Å². The van der Waals surface area contributed by atoms with Gasteiger partial charge in [0.05, 0.1) is 0 Å². The Bertz CT molecular complexity index is 524. The fourth-order valence-electron chi connectivity index (χ4n) is 3.39. The molecular weight excluding hydrogens is 321 g/mol. The average molecular weight is 344 g/mol. The summed E-state index contributed by atoms with van der Waals surface area (Å²) < 4.78 is 31.7. The largest absolute Gasteiger partial charge is 0.490 e. The minimum absolute atomic E-state index is 0.772. The fraction of sp³-hybridized carbons (Fsp3) is 0.588. The topological polar surface area (TPSA) is 52.6 Å². The van der Waals surface area contributed by atoms with E-state index in [0.29, 0.717) is 0 Å². The number of halogens is 3. The van der Waals surface area contributed by atoms with Crippen LogP contribution in [-0.4, -0.2) is 47.3 Å². The van der Waals surface area contributed by atoms with Gasteiger partial charge in [0.15, 0.2) is 0 Å². The van der Waals surface area contributed by atoms with Gasteiger partial charge in [-0.2, -0.15) is 13.2 Å². The maximum Gasteiger partial charge on any atom is 0.490 e. The molecule has 2 saturated heterocycles. The van der Waals surface area contributed by atoms with Crippen molar-refractivity contribution < 1.29 is 23.1 Å². The summed E-state index contributed by atoms with van der Waals surface area (Å²) in [5.41, 5.74) is 1.43. The lowest BCUT2D eigenvalue weighted by molar-refractivity contribution is -0.192. The highest BCUT2D eigenvalue weighted by Crippen LogP contribution is 2.29. The second-order valence-corrected chi connectivity index (χ2v) is 6.47. The van der Waals surface area contributed by atoms with Crippen LogP contribution in [0.15, 0.2) is 30.3 Å². The number of carbonyl (C=O) groups is 1. The molecule has 2 heterocycles. The van der Waals surface area contributed by atoms with E-state index in [2.05, 4.69) is 47.6 Å². The van der Waals surface area contributed by atoms with Gasteiger partial charge < -0.3 is 10.4 Å². The summed E-state index contributed by atoms with van der Waals surface area (Å²) in [7, 11) is 2.28. The second-order valence-electron chi connectivity index (χ2n) is 6.47. The summed E-state index contributed by atoms with van der Waals surface area (Å²) in [6.07, 6.45) is 0.361. The zero-order chi connectivity index (χ0) is 17.7. The number of nitrogens with one attached hydrogen (secondary N) is 1. The van der Waals surface area contributed by atoms with Crippen LogP contribution in [0.25, 0.3) is 0 Å². The molecule has 4 nitrogen and oxygen atoms in total. The molecular formula is C17H23F3N2O2. The Morgan fingerprint density at radius 2 is 1.71 bits per heavy atom. The number of fused-ring (bicyclic) bond motifs is 2. The third-order valence-electron chi connectivity index (χ3n) is 4.59. The molecule has 2 fully saturated rings. The molecule has 2 atom stereocenters. The summed E-state index contributed by atoms with van der Waals surface area (Å²) >= 11 is 0. The zero-order valence-corrected chi connectivity index (χ0v) is 13.6. The first kappa shape index (κ1) is 18.7. The molecule has 7 heteroatoms. The first-order valence-corrected chi connectivity index (χ1v) is 8.06. The van der Waals surface area contributed by atoms with Gasteiger partial charge in [-0.15, -0.1) is 0 Å². The highest BCUT2D eigenvalue weighted by Gasteiger charge is 2.38. The number of benzene rings is 1. The molecule has 1 aromatic rings. The standard InChI is InChI=1S/C15H22N2.C2HF3O2/c1-17(11-12-5-3-2-4-6-12)15-9-13-7-8-14(10-15)16-13;3-2(4,5)1(6)7/h2-6,13-16H,7-11H2,1H3;(H,6,7). The molecule has 2 aliphatic heterocycles. The Morgan fingerprint density at radius 3 is 2.17 bits per heavy atom. The Labute approximate surface area is 139 Å². The summed E-state index contributed by atoms with van der Waals surface area (Å²) in [4.78, 5) is 11.4. The van der Waals surface area contributed by atoms with Gasteiger partial charge >= 0.3 is 12.1 Å². The van der Waals surface area contributed by atoms with Gasteiger partial charge in [-0.05, 0) is 38.3 Å². The monoisotopic (exact) mass is 344 g/mol. The van der Waals surface area contributed by atoms with Crippen molar-refractivity contribution in [1.82, 2.24) is 10.2 Å². The molecule has 134 valence electrons. The fourth-order valence-corrected chi connectivity index (χ4v) is 3.39. The Kier molecular flexibility index (Phi) is 6.23. The van der Waals surface area contributed by atoms with Crippen molar-refractivity contribution in [1.29, 1.82) is 0 Å². The predicted molar refractivity (Wildman–Crippen MR) is 84.6 cm³/mol. The molecule has 0 amide bonds. The Hall–Kier alpha value is -1.60. The molecule has 0 aromatic heterocycles. The van der Waals surface area contributed by atoms with Crippen LogP contribution in [0.5, 0.6) is 0 Å². The van der Waals surface area contributed by atoms with Crippen molar-refractivity contribution in [3.63, 3.8) is 0 Å². The van der Waals surface area contributed by atoms with Crippen LogP contribution in [0.1, 0.15) is 31.2 Å². The smallest absolute Gasteiger partial charge is 0.475 e. The lowest BCUT2D eigenvalue weighted by Crippen LogP contribution is -2.46. The number of hydrogen-bond acceptors (Lipinski definition) is 3. The number of rotatable bonds is 3. The van der Waals surface area contributed by atoms with E-state index in [9.17, 15) is 13.2 Å². The molecule has 1 aromatic carbocycles. The maximum absolute atomic E-state index is 10.6. The zero-order valence-electron chi connectivity index (χ0n) is 13.6. The average Bonchev–Trinajstić information content (AvgIpc) is 2.86. The highest BCUT2D eigenvalue weighted by atomic mass is 19.4. The molecule has 0 spiro atoms. The van der Waals surface area contributed by atoms with Crippen LogP contribution < -0.4 is 5.32 Å². The summed E-state index contributed by atoms with van der Waals surface area (Å²) in [5.74, 6) is -2.76. The Balaban J connectivity index is 0.000000256. The van der Waals surface area contributed by atoms with E-state index in [4.69, 9.17) is 9.90 Å². The van der Waals surface area contributed by atoms with E-state index in [1.807, 2.05) is 0 Å². The number of alkyl halides is 3. The van der Waals surface area contributed by atoms with E-state index >= 15 is 0 Å². The number of piperidine rings is 1. The minimum atomic E-state index is -5.08. The number of nitrogens with zero attached hydrogens (tertiary/aromatic N) is 1. The van der Waals surface area contributed by atoms with Crippen molar-refractivity contribution in [3.8, 4) is 0 Å². The van der Waals surface area contributed by atoms with Crippen LogP contribution >= 0.6 is 0 Å². The summed E-state index contributed by atoms with van der Waals surface area (Å²) in [6.45, 7) is 1.09. The van der Waals surface area contributed by atoms with Crippen LogP contribution in [0.4, 0.5) is 13.2 Å². The lowest BCUT2D eigenvalue weighted by atomic mass is 9.98. The number of aliphatic carboxylic acids is 1. The SMILES string of the molecule is CN(Cc1ccccc1)C1CC2CCC(C1)N2.O=C(O)C(F)(F)F. The van der Waals surface area contributed by atoms with Crippen molar-refractivity contribution in [3.05, 3.63) is 35.9 Å². The molecule has 3 rings (SSSR count). The van der Waals surface area contributed by atoms with Crippen LogP contribution in [0.3, 0.4) is 0 Å². The van der Waals surface area contributed by atoms with Gasteiger partial charge in [0, 0.05) is 24.7 Å². The van der Waals surface area contributed by atoms with Gasteiger partial charge in [0.1, 0.15) is 0 Å². The second kappa shape index (κ2) is 7.98. The first-order valence-electron chi connectivity index (χ1n) is 8.06. The normalized spacial score (nSPS) is 26.0. The van der Waals surface area contributed by atoms with E-state index < -0.39 is 12.1 Å². The molecule has 0 radical (unpaired) electrons. The van der Waals surface area contributed by atoms with Gasteiger partial charge in [0.2, 0.25) is 0 Å². The van der Waals surface area contributed by atoms with Crippen LogP contribution in [0.2, 0.25) is 0 Å². The number of carboxylic acids is 1. The molecule has 2 N–H and O–H groups in total. The minimum Gasteiger partial charge on any atom is -0.475 e. The lowest BCUT2D eigenvalue weighted by Gasteiger charge is -2.35. The first-order chi connectivity index (χ1) is 11.3. The maximum atomic E-state index is 10.6. The van der Waals surface area contributed by atoms with Crippen molar-refractivity contribution >= 4 is 5.97 Å². The summed E-state index contributed by atoms with van der Waals surface area (Å²) in [6, 6.07) is 13.2. The van der Waals surface area contributed by atoms with Gasteiger partial charge in [-0.3, -0.25) is 4.90 Å². The third-order valence-corrected chi connectivity index (χ3v) is 4.59. The van der Waals surface area contributed by atoms with Crippen molar-refractivity contribution in [2.24, 2.45) is 0 Å². The van der Waals surface area contributed by atoms with Gasteiger partial charge in [-0.1, -0.05) is 30.3 Å². The van der Waals surface area contributed by atoms with Gasteiger partial charge in [-0.25, -0.2) is 4.79 Å². The van der Waals surface area contributed by atoms with E-state index in [-0.39, 0.29) is 0 Å². The van der Waals surface area contributed by atoms with Crippen molar-refractivity contribution in [2.45, 2.75) is 56.5 Å². The van der Waals surface area contributed by atoms with E-state index in [1.54, 1.807) is 0 Å². The highest BCUT2D eigenvalue weighted by molar-refractivity contribution is 5.73. The predicted octanol–water partition coefficient (Wildman–Crippen LogP) is 3.03.